The summed E-state index contributed by atoms with van der Waals surface area (Å²) in [5.41, 5.74) is 0. The Morgan fingerprint density at radius 3 is 0.868 bits per heavy atom. The highest BCUT2D eigenvalue weighted by Gasteiger charge is 2.09. The summed E-state index contributed by atoms with van der Waals surface area (Å²) in [6.45, 7) is 4.09. The van der Waals surface area contributed by atoms with Crippen molar-refractivity contribution < 1.29 is 9.90 Å². The van der Waals surface area contributed by atoms with Crippen LogP contribution in [-0.2, 0) is 4.79 Å². The first-order chi connectivity index (χ1) is 18.7. The highest BCUT2D eigenvalue weighted by Crippen LogP contribution is 2.17. The molecule has 228 valence electrons. The lowest BCUT2D eigenvalue weighted by Gasteiger charge is -2.06. The zero-order chi connectivity index (χ0) is 27.8. The third-order valence-corrected chi connectivity index (χ3v) is 9.44. The third-order valence-electron chi connectivity index (χ3n) is 8.21. The summed E-state index contributed by atoms with van der Waals surface area (Å²) in [5, 5.41) is 8.62. The second kappa shape index (κ2) is 33.0. The molecule has 1 N–H and O–H groups in total. The van der Waals surface area contributed by atoms with Gasteiger partial charge in [0, 0.05) is 0 Å². The van der Waals surface area contributed by atoms with Crippen LogP contribution in [0.1, 0.15) is 206 Å². The fourth-order valence-corrected chi connectivity index (χ4v) is 6.32. The van der Waals surface area contributed by atoms with Crippen LogP contribution in [0.4, 0.5) is 0 Å². The first-order valence-corrected chi connectivity index (χ1v) is 18.6. The Morgan fingerprint density at radius 2 is 0.658 bits per heavy atom. The summed E-state index contributed by atoms with van der Waals surface area (Å²) in [6.07, 6.45) is 43.0. The highest BCUT2D eigenvalue weighted by atomic mass is 32.2. The summed E-state index contributed by atoms with van der Waals surface area (Å²) in [6, 6.07) is 0. The molecule has 0 aliphatic carbocycles. The molecule has 0 amide bonds. The van der Waals surface area contributed by atoms with Crippen LogP contribution in [0.3, 0.4) is 0 Å². The Hall–Kier alpha value is -0.180. The van der Waals surface area contributed by atoms with Gasteiger partial charge >= 0.3 is 5.97 Å². The first-order valence-electron chi connectivity index (χ1n) is 17.5. The molecule has 0 aromatic heterocycles. The Bertz CT molecular complexity index is 453. The van der Waals surface area contributed by atoms with Crippen LogP contribution in [0.5, 0.6) is 0 Å². The summed E-state index contributed by atoms with van der Waals surface area (Å²) in [4.78, 5) is 10.8. The number of carboxylic acid groups (broad SMARTS) is 1. The molecule has 1 atom stereocenters. The SMILES string of the molecule is CCCCCCCCCCCCCCCCCCCCCCCCCCCCCCCCSC(C)C(=O)O. The number of carbonyl (C=O) groups is 1. The van der Waals surface area contributed by atoms with Crippen LogP contribution < -0.4 is 0 Å². The van der Waals surface area contributed by atoms with E-state index in [1.54, 1.807) is 18.7 Å². The zero-order valence-corrected chi connectivity index (χ0v) is 27.1. The average Bonchev–Trinajstić information content (AvgIpc) is 2.91. The summed E-state index contributed by atoms with van der Waals surface area (Å²) in [5.74, 6) is 0.313. The number of aliphatic carboxylic acids is 1. The summed E-state index contributed by atoms with van der Waals surface area (Å²) in [7, 11) is 0. The molecule has 0 aromatic carbocycles. The van der Waals surface area contributed by atoms with Crippen molar-refractivity contribution in [2.75, 3.05) is 5.75 Å². The Balaban J connectivity index is 3.05. The minimum atomic E-state index is -0.680. The van der Waals surface area contributed by atoms with E-state index >= 15 is 0 Å². The molecule has 0 saturated carbocycles. The fourth-order valence-electron chi connectivity index (χ4n) is 5.46. The molecule has 0 saturated heterocycles. The van der Waals surface area contributed by atoms with Crippen molar-refractivity contribution in [2.45, 2.75) is 212 Å². The van der Waals surface area contributed by atoms with Crippen LogP contribution >= 0.6 is 11.8 Å². The van der Waals surface area contributed by atoms with Gasteiger partial charge in [-0.05, 0) is 19.1 Å². The van der Waals surface area contributed by atoms with E-state index < -0.39 is 5.97 Å². The highest BCUT2D eigenvalue weighted by molar-refractivity contribution is 8.00. The van der Waals surface area contributed by atoms with E-state index in [1.165, 1.54) is 193 Å². The molecule has 0 radical (unpaired) electrons. The second-order valence-corrected chi connectivity index (χ2v) is 13.6. The van der Waals surface area contributed by atoms with Crippen LogP contribution in [0.25, 0.3) is 0 Å². The van der Waals surface area contributed by atoms with Gasteiger partial charge in [-0.3, -0.25) is 4.79 Å². The summed E-state index contributed by atoms with van der Waals surface area (Å²) < 4.78 is 0. The topological polar surface area (TPSA) is 37.3 Å². The van der Waals surface area contributed by atoms with E-state index in [0.717, 1.165) is 5.75 Å². The Labute approximate surface area is 244 Å². The van der Waals surface area contributed by atoms with E-state index in [9.17, 15) is 4.79 Å². The van der Waals surface area contributed by atoms with Crippen LogP contribution in [0.15, 0.2) is 0 Å². The minimum absolute atomic E-state index is 0.251. The normalized spacial score (nSPS) is 12.3. The lowest BCUT2D eigenvalue weighted by Crippen LogP contribution is -2.11. The van der Waals surface area contributed by atoms with Crippen molar-refractivity contribution in [1.82, 2.24) is 0 Å². The Morgan fingerprint density at radius 1 is 0.447 bits per heavy atom. The standard InChI is InChI=1S/C35H70O2S/c1-3-4-5-6-7-8-9-10-11-12-13-14-15-16-17-18-19-20-21-22-23-24-25-26-27-28-29-30-31-32-33-38-34(2)35(36)37/h34H,3-33H2,1-2H3,(H,36,37). The summed E-state index contributed by atoms with van der Waals surface area (Å²) >= 11 is 1.58. The molecule has 0 heterocycles. The van der Waals surface area contributed by atoms with Gasteiger partial charge in [-0.1, -0.05) is 193 Å². The fraction of sp³-hybridized carbons (Fsp3) is 0.971. The quantitative estimate of drug-likeness (QED) is 0.0819. The van der Waals surface area contributed by atoms with E-state index in [2.05, 4.69) is 6.92 Å². The van der Waals surface area contributed by atoms with Gasteiger partial charge in [0.05, 0.1) is 5.25 Å². The monoisotopic (exact) mass is 555 g/mol. The van der Waals surface area contributed by atoms with Crippen molar-refractivity contribution >= 4 is 17.7 Å². The molecule has 2 nitrogen and oxygen atoms in total. The van der Waals surface area contributed by atoms with Gasteiger partial charge in [0.2, 0.25) is 0 Å². The van der Waals surface area contributed by atoms with Crippen molar-refractivity contribution in [3.05, 3.63) is 0 Å². The predicted octanol–water partition coefficient (Wildman–Crippen LogP) is 12.9. The molecular formula is C35H70O2S. The number of carboxylic acids is 1. The second-order valence-electron chi connectivity index (χ2n) is 12.1. The van der Waals surface area contributed by atoms with E-state index in [0.29, 0.717) is 0 Å². The number of unbranched alkanes of at least 4 members (excludes halogenated alkanes) is 29. The molecular weight excluding hydrogens is 484 g/mol. The largest absolute Gasteiger partial charge is 0.480 e. The molecule has 1 unspecified atom stereocenters. The smallest absolute Gasteiger partial charge is 0.316 e. The van der Waals surface area contributed by atoms with Crippen molar-refractivity contribution in [1.29, 1.82) is 0 Å². The maximum Gasteiger partial charge on any atom is 0.316 e. The molecule has 0 rings (SSSR count). The van der Waals surface area contributed by atoms with Gasteiger partial charge in [0.1, 0.15) is 0 Å². The number of hydrogen-bond donors (Lipinski definition) is 1. The molecule has 0 aromatic rings. The molecule has 0 bridgehead atoms. The van der Waals surface area contributed by atoms with Crippen molar-refractivity contribution in [3.63, 3.8) is 0 Å². The zero-order valence-electron chi connectivity index (χ0n) is 26.3. The van der Waals surface area contributed by atoms with Gasteiger partial charge < -0.3 is 5.11 Å². The van der Waals surface area contributed by atoms with E-state index in [1.807, 2.05) is 0 Å². The number of hydrogen-bond acceptors (Lipinski definition) is 2. The van der Waals surface area contributed by atoms with Crippen molar-refractivity contribution in [2.24, 2.45) is 0 Å². The van der Waals surface area contributed by atoms with Gasteiger partial charge in [-0.2, -0.15) is 0 Å². The van der Waals surface area contributed by atoms with Gasteiger partial charge in [-0.25, -0.2) is 0 Å². The van der Waals surface area contributed by atoms with Crippen LogP contribution in [-0.4, -0.2) is 22.1 Å². The van der Waals surface area contributed by atoms with Gasteiger partial charge in [0.15, 0.2) is 0 Å². The maximum absolute atomic E-state index is 10.8. The average molecular weight is 555 g/mol. The van der Waals surface area contributed by atoms with Crippen molar-refractivity contribution in [3.8, 4) is 0 Å². The molecule has 0 aliphatic rings. The molecule has 0 aliphatic heterocycles. The van der Waals surface area contributed by atoms with Crippen LogP contribution in [0, 0.1) is 0 Å². The third kappa shape index (κ3) is 32.0. The molecule has 38 heavy (non-hydrogen) atoms. The number of rotatable bonds is 33. The van der Waals surface area contributed by atoms with Gasteiger partial charge in [-0.15, -0.1) is 11.8 Å². The lowest BCUT2D eigenvalue weighted by atomic mass is 10.0. The Kier molecular flexibility index (Phi) is 32.9. The maximum atomic E-state index is 10.8. The minimum Gasteiger partial charge on any atom is -0.480 e. The van der Waals surface area contributed by atoms with Gasteiger partial charge in [0.25, 0.3) is 0 Å². The molecule has 3 heteroatoms. The molecule has 0 spiro atoms. The molecule has 0 fully saturated rings. The van der Waals surface area contributed by atoms with E-state index in [4.69, 9.17) is 5.11 Å². The predicted molar refractivity (Wildman–Crippen MR) is 174 cm³/mol. The van der Waals surface area contributed by atoms with Crippen LogP contribution in [0.2, 0.25) is 0 Å². The first kappa shape index (κ1) is 37.8. The number of thioether (sulfide) groups is 1. The van der Waals surface area contributed by atoms with E-state index in [-0.39, 0.29) is 5.25 Å². The lowest BCUT2D eigenvalue weighted by molar-refractivity contribution is -0.136.